The standard InChI is InChI=1S/C33H17N5/c1-35-22-12-16-31-27(18-22)25-14-13-23(19-33(25)38(31)32-10-6-4-8-28(32)36-2)37-29-9-5-3-7-24(29)26-17-21(20-34)11-15-30(26)37/h3-19H. The molecule has 174 valence electrons. The molecule has 2 heterocycles. The number of hydrogen-bond acceptors (Lipinski definition) is 1. The van der Waals surface area contributed by atoms with Crippen molar-refractivity contribution in [2.75, 3.05) is 0 Å². The van der Waals surface area contributed by atoms with Crippen LogP contribution in [0.2, 0.25) is 0 Å². The molecule has 7 rings (SSSR count). The van der Waals surface area contributed by atoms with Crippen LogP contribution >= 0.6 is 0 Å². The van der Waals surface area contributed by atoms with E-state index >= 15 is 0 Å². The van der Waals surface area contributed by atoms with Gasteiger partial charge in [0, 0.05) is 21.8 Å². The van der Waals surface area contributed by atoms with Crippen LogP contribution in [0.15, 0.2) is 103 Å². The maximum absolute atomic E-state index is 9.50. The fourth-order valence-corrected chi connectivity index (χ4v) is 5.53. The molecule has 0 fully saturated rings. The number of hydrogen-bond donors (Lipinski definition) is 0. The highest BCUT2D eigenvalue weighted by Gasteiger charge is 2.18. The van der Waals surface area contributed by atoms with Crippen molar-refractivity contribution in [3.8, 4) is 17.4 Å². The zero-order valence-electron chi connectivity index (χ0n) is 20.1. The summed E-state index contributed by atoms with van der Waals surface area (Å²) in [4.78, 5) is 7.44. The van der Waals surface area contributed by atoms with E-state index in [1.807, 2.05) is 72.8 Å². The largest absolute Gasteiger partial charge is 0.319 e. The Bertz CT molecular complexity index is 2230. The summed E-state index contributed by atoms with van der Waals surface area (Å²) >= 11 is 0. The Balaban J connectivity index is 1.62. The third-order valence-electron chi connectivity index (χ3n) is 7.17. The van der Waals surface area contributed by atoms with Crippen LogP contribution < -0.4 is 0 Å². The number of aromatic nitrogens is 2. The van der Waals surface area contributed by atoms with Crippen LogP contribution in [0.5, 0.6) is 0 Å². The van der Waals surface area contributed by atoms with Gasteiger partial charge < -0.3 is 9.13 Å². The number of para-hydroxylation sites is 3. The summed E-state index contributed by atoms with van der Waals surface area (Å²) in [6.45, 7) is 15.3. The topological polar surface area (TPSA) is 42.4 Å². The van der Waals surface area contributed by atoms with Gasteiger partial charge in [-0.1, -0.05) is 48.5 Å². The molecule has 0 saturated carbocycles. The van der Waals surface area contributed by atoms with Gasteiger partial charge in [0.05, 0.1) is 52.5 Å². The molecule has 0 aliphatic heterocycles. The molecule has 5 aromatic carbocycles. The molecule has 0 aliphatic carbocycles. The number of fused-ring (bicyclic) bond motifs is 6. The summed E-state index contributed by atoms with van der Waals surface area (Å²) in [6, 6.07) is 36.0. The van der Waals surface area contributed by atoms with E-state index in [-0.39, 0.29) is 0 Å². The van der Waals surface area contributed by atoms with Gasteiger partial charge in [-0.05, 0) is 60.0 Å². The molecular formula is C33H17N5. The Morgan fingerprint density at radius 2 is 1.29 bits per heavy atom. The summed E-state index contributed by atoms with van der Waals surface area (Å²) in [6.07, 6.45) is 0. The maximum atomic E-state index is 9.50. The number of benzene rings is 5. The molecule has 0 amide bonds. The Morgan fingerprint density at radius 3 is 2.13 bits per heavy atom. The predicted octanol–water partition coefficient (Wildman–Crippen LogP) is 8.85. The summed E-state index contributed by atoms with van der Waals surface area (Å²) < 4.78 is 4.34. The number of nitriles is 1. The van der Waals surface area contributed by atoms with Crippen molar-refractivity contribution in [1.29, 1.82) is 5.26 Å². The molecule has 2 aromatic heterocycles. The number of nitrogens with zero attached hydrogens (tertiary/aromatic N) is 5. The quantitative estimate of drug-likeness (QED) is 0.226. The second-order valence-corrected chi connectivity index (χ2v) is 9.15. The van der Waals surface area contributed by atoms with Crippen molar-refractivity contribution in [2.24, 2.45) is 0 Å². The van der Waals surface area contributed by atoms with Gasteiger partial charge in [0.15, 0.2) is 5.69 Å². The molecule has 0 atom stereocenters. The van der Waals surface area contributed by atoms with Crippen LogP contribution in [0.25, 0.3) is 64.7 Å². The highest BCUT2D eigenvalue weighted by atomic mass is 15.0. The molecule has 0 bridgehead atoms. The Morgan fingerprint density at radius 1 is 0.579 bits per heavy atom. The predicted molar refractivity (Wildman–Crippen MR) is 152 cm³/mol. The summed E-state index contributed by atoms with van der Waals surface area (Å²) in [5.74, 6) is 0. The molecule has 5 heteroatoms. The molecule has 0 unspecified atom stereocenters. The van der Waals surface area contributed by atoms with E-state index in [1.165, 1.54) is 0 Å². The van der Waals surface area contributed by atoms with E-state index in [4.69, 9.17) is 13.1 Å². The highest BCUT2D eigenvalue weighted by Crippen LogP contribution is 2.39. The van der Waals surface area contributed by atoms with Crippen molar-refractivity contribution >= 4 is 55.0 Å². The first-order valence-electron chi connectivity index (χ1n) is 12.1. The Kier molecular flexibility index (Phi) is 4.57. The second kappa shape index (κ2) is 8.10. The van der Waals surface area contributed by atoms with E-state index in [0.717, 1.165) is 55.0 Å². The highest BCUT2D eigenvalue weighted by molar-refractivity contribution is 6.13. The fourth-order valence-electron chi connectivity index (χ4n) is 5.53. The monoisotopic (exact) mass is 483 g/mol. The van der Waals surface area contributed by atoms with Gasteiger partial charge in [0.2, 0.25) is 5.69 Å². The van der Waals surface area contributed by atoms with Crippen LogP contribution in [-0.2, 0) is 0 Å². The SMILES string of the molecule is [C-]#[N+]c1ccc2c(c1)c1ccc(-n3c4ccccc4c4cc(C#N)ccc43)cc1n2-c1ccccc1[N+]#[C-]. The smallest absolute Gasteiger partial charge is 0.210 e. The zero-order chi connectivity index (χ0) is 25.8. The molecule has 0 aliphatic rings. The van der Waals surface area contributed by atoms with Gasteiger partial charge in [0.1, 0.15) is 0 Å². The van der Waals surface area contributed by atoms with Gasteiger partial charge in [-0.2, -0.15) is 5.26 Å². The molecule has 0 N–H and O–H groups in total. The van der Waals surface area contributed by atoms with Crippen molar-refractivity contribution in [3.05, 3.63) is 132 Å². The van der Waals surface area contributed by atoms with E-state index < -0.39 is 0 Å². The summed E-state index contributed by atoms with van der Waals surface area (Å²) in [5, 5.41) is 13.6. The first kappa shape index (κ1) is 21.5. The normalized spacial score (nSPS) is 11.1. The van der Waals surface area contributed by atoms with Crippen molar-refractivity contribution in [2.45, 2.75) is 0 Å². The van der Waals surface area contributed by atoms with Crippen LogP contribution in [0.3, 0.4) is 0 Å². The molecule has 7 aromatic rings. The van der Waals surface area contributed by atoms with E-state index in [9.17, 15) is 5.26 Å². The van der Waals surface area contributed by atoms with E-state index in [0.29, 0.717) is 16.9 Å². The van der Waals surface area contributed by atoms with Crippen molar-refractivity contribution < 1.29 is 0 Å². The average molecular weight is 484 g/mol. The molecule has 0 radical (unpaired) electrons. The first-order valence-corrected chi connectivity index (χ1v) is 12.1. The van der Waals surface area contributed by atoms with Gasteiger partial charge in [-0.3, -0.25) is 0 Å². The van der Waals surface area contributed by atoms with Gasteiger partial charge in [-0.25, -0.2) is 9.69 Å². The maximum Gasteiger partial charge on any atom is 0.210 e. The Labute approximate surface area is 218 Å². The minimum Gasteiger partial charge on any atom is -0.319 e. The lowest BCUT2D eigenvalue weighted by atomic mass is 10.1. The second-order valence-electron chi connectivity index (χ2n) is 9.15. The summed E-state index contributed by atoms with van der Waals surface area (Å²) in [5.41, 5.74) is 7.51. The van der Waals surface area contributed by atoms with E-state index in [1.54, 1.807) is 0 Å². The van der Waals surface area contributed by atoms with Crippen molar-refractivity contribution in [3.63, 3.8) is 0 Å². The molecule has 0 spiro atoms. The third-order valence-corrected chi connectivity index (χ3v) is 7.17. The summed E-state index contributed by atoms with van der Waals surface area (Å²) in [7, 11) is 0. The van der Waals surface area contributed by atoms with Crippen molar-refractivity contribution in [1.82, 2.24) is 9.13 Å². The van der Waals surface area contributed by atoms with Crippen LogP contribution in [0.4, 0.5) is 11.4 Å². The molecule has 5 nitrogen and oxygen atoms in total. The molecule has 38 heavy (non-hydrogen) atoms. The zero-order valence-corrected chi connectivity index (χ0v) is 20.1. The van der Waals surface area contributed by atoms with Gasteiger partial charge in [-0.15, -0.1) is 0 Å². The average Bonchev–Trinajstić information content (AvgIpc) is 3.48. The van der Waals surface area contributed by atoms with Crippen LogP contribution in [-0.4, -0.2) is 9.13 Å². The van der Waals surface area contributed by atoms with Crippen LogP contribution in [0, 0.1) is 24.5 Å². The lowest BCUT2D eigenvalue weighted by Crippen LogP contribution is -1.97. The molecular weight excluding hydrogens is 466 g/mol. The first-order chi connectivity index (χ1) is 18.7. The fraction of sp³-hybridized carbons (Fsp3) is 0. The molecule has 0 saturated heterocycles. The lowest BCUT2D eigenvalue weighted by molar-refractivity contribution is 1.16. The van der Waals surface area contributed by atoms with Gasteiger partial charge in [0.25, 0.3) is 0 Å². The third kappa shape index (κ3) is 2.96. The minimum atomic E-state index is 0.562. The Hall–Kier alpha value is -5.83. The van der Waals surface area contributed by atoms with Gasteiger partial charge >= 0.3 is 0 Å². The minimum absolute atomic E-state index is 0.562. The van der Waals surface area contributed by atoms with Crippen LogP contribution in [0.1, 0.15) is 5.56 Å². The number of rotatable bonds is 2. The van der Waals surface area contributed by atoms with E-state index in [2.05, 4.69) is 55.2 Å². The lowest BCUT2D eigenvalue weighted by Gasteiger charge is -2.12.